The van der Waals surface area contributed by atoms with Crippen molar-refractivity contribution >= 4 is 16.7 Å². The molecule has 1 aromatic rings. The summed E-state index contributed by atoms with van der Waals surface area (Å²) >= 11 is 1.50. The molecule has 1 heterocycles. The maximum atomic E-state index is 4.60. The summed E-state index contributed by atoms with van der Waals surface area (Å²) in [5.41, 5.74) is 0.0435. The third-order valence-electron chi connectivity index (χ3n) is 2.87. The van der Waals surface area contributed by atoms with E-state index in [2.05, 4.69) is 47.4 Å². The van der Waals surface area contributed by atoms with Crippen molar-refractivity contribution in [1.82, 2.24) is 14.7 Å². The first kappa shape index (κ1) is 12.8. The van der Waals surface area contributed by atoms with E-state index < -0.39 is 0 Å². The first-order valence-corrected chi connectivity index (χ1v) is 7.03. The smallest absolute Gasteiger partial charge is 0.205 e. The average Bonchev–Trinajstić information content (AvgIpc) is 2.91. The Morgan fingerprint density at radius 3 is 2.65 bits per heavy atom. The van der Waals surface area contributed by atoms with Gasteiger partial charge in [0.05, 0.1) is 0 Å². The van der Waals surface area contributed by atoms with Crippen LogP contribution in [-0.4, -0.2) is 35.5 Å². The molecule has 0 spiro atoms. The standard InChI is InChI=1S/C12H22N4S/c1-12(2,3)10-14-11(17-15-10)16(4)8-7-13-9-5-6-9/h9,13H,5-8H2,1-4H3. The fourth-order valence-corrected chi connectivity index (χ4v) is 2.34. The van der Waals surface area contributed by atoms with Crippen LogP contribution in [0.5, 0.6) is 0 Å². The molecule has 0 radical (unpaired) electrons. The predicted octanol–water partition coefficient (Wildman–Crippen LogP) is 2.02. The van der Waals surface area contributed by atoms with Crippen LogP contribution in [0.3, 0.4) is 0 Å². The van der Waals surface area contributed by atoms with Gasteiger partial charge in [0.25, 0.3) is 0 Å². The fourth-order valence-electron chi connectivity index (χ4n) is 1.49. The van der Waals surface area contributed by atoms with Gasteiger partial charge in [-0.1, -0.05) is 20.8 Å². The molecule has 0 saturated heterocycles. The van der Waals surface area contributed by atoms with E-state index in [0.29, 0.717) is 0 Å². The normalized spacial score (nSPS) is 16.2. The largest absolute Gasteiger partial charge is 0.349 e. The zero-order valence-electron chi connectivity index (χ0n) is 11.2. The molecule has 4 nitrogen and oxygen atoms in total. The van der Waals surface area contributed by atoms with Crippen LogP contribution >= 0.6 is 11.5 Å². The minimum Gasteiger partial charge on any atom is -0.349 e. The van der Waals surface area contributed by atoms with Gasteiger partial charge in [0.1, 0.15) is 5.82 Å². The number of nitrogens with one attached hydrogen (secondary N) is 1. The van der Waals surface area contributed by atoms with Crippen LogP contribution in [0.25, 0.3) is 0 Å². The first-order chi connectivity index (χ1) is 7.97. The Hall–Kier alpha value is -0.680. The number of rotatable bonds is 5. The van der Waals surface area contributed by atoms with Gasteiger partial charge in [0.15, 0.2) is 0 Å². The Morgan fingerprint density at radius 2 is 2.12 bits per heavy atom. The highest BCUT2D eigenvalue weighted by atomic mass is 32.1. The molecule has 0 unspecified atom stereocenters. The van der Waals surface area contributed by atoms with Crippen molar-refractivity contribution in [3.05, 3.63) is 5.82 Å². The monoisotopic (exact) mass is 254 g/mol. The van der Waals surface area contributed by atoms with Gasteiger partial charge in [0, 0.05) is 43.1 Å². The molecule has 1 aliphatic rings. The highest BCUT2D eigenvalue weighted by Gasteiger charge is 2.22. The van der Waals surface area contributed by atoms with Crippen molar-refractivity contribution < 1.29 is 0 Å². The van der Waals surface area contributed by atoms with Crippen molar-refractivity contribution in [2.24, 2.45) is 0 Å². The molecule has 0 atom stereocenters. The molecule has 0 amide bonds. The Bertz CT molecular complexity index is 365. The lowest BCUT2D eigenvalue weighted by atomic mass is 9.96. The third-order valence-corrected chi connectivity index (χ3v) is 3.70. The van der Waals surface area contributed by atoms with Gasteiger partial charge in [-0.3, -0.25) is 0 Å². The Labute approximate surface area is 108 Å². The maximum Gasteiger partial charge on any atom is 0.205 e. The van der Waals surface area contributed by atoms with E-state index in [4.69, 9.17) is 0 Å². The van der Waals surface area contributed by atoms with Crippen molar-refractivity contribution in [2.75, 3.05) is 25.0 Å². The fraction of sp³-hybridized carbons (Fsp3) is 0.833. The molecule has 5 heteroatoms. The third kappa shape index (κ3) is 3.64. The second-order valence-electron chi connectivity index (χ2n) is 5.80. The van der Waals surface area contributed by atoms with E-state index in [9.17, 15) is 0 Å². The summed E-state index contributed by atoms with van der Waals surface area (Å²) in [5, 5.41) is 4.53. The molecule has 1 aromatic heterocycles. The summed E-state index contributed by atoms with van der Waals surface area (Å²) in [6.45, 7) is 8.47. The molecular weight excluding hydrogens is 232 g/mol. The lowest BCUT2D eigenvalue weighted by Gasteiger charge is -2.16. The van der Waals surface area contributed by atoms with Gasteiger partial charge in [-0.25, -0.2) is 4.98 Å². The molecule has 17 heavy (non-hydrogen) atoms. The second kappa shape index (κ2) is 4.90. The number of likely N-dealkylation sites (N-methyl/N-ethyl adjacent to an activating group) is 1. The highest BCUT2D eigenvalue weighted by Crippen LogP contribution is 2.24. The SMILES string of the molecule is CN(CCNC1CC1)c1nc(C(C)(C)C)ns1. The first-order valence-electron chi connectivity index (χ1n) is 6.25. The van der Waals surface area contributed by atoms with Crippen molar-refractivity contribution in [1.29, 1.82) is 0 Å². The molecule has 1 saturated carbocycles. The van der Waals surface area contributed by atoms with E-state index in [1.165, 1.54) is 24.4 Å². The molecule has 2 rings (SSSR count). The lowest BCUT2D eigenvalue weighted by molar-refractivity contribution is 0.554. The van der Waals surface area contributed by atoms with Gasteiger partial charge in [0.2, 0.25) is 5.13 Å². The summed E-state index contributed by atoms with van der Waals surface area (Å²) in [4.78, 5) is 6.78. The van der Waals surface area contributed by atoms with Crippen LogP contribution in [0.15, 0.2) is 0 Å². The van der Waals surface area contributed by atoms with Crippen LogP contribution in [0.1, 0.15) is 39.4 Å². The Kier molecular flexibility index (Phi) is 3.68. The molecule has 0 aliphatic heterocycles. The summed E-state index contributed by atoms with van der Waals surface area (Å²) in [5.74, 6) is 0.944. The van der Waals surface area contributed by atoms with Crippen molar-refractivity contribution in [2.45, 2.75) is 45.1 Å². The molecule has 0 aromatic carbocycles. The molecule has 0 bridgehead atoms. The topological polar surface area (TPSA) is 41.0 Å². The molecule has 1 N–H and O–H groups in total. The lowest BCUT2D eigenvalue weighted by Crippen LogP contribution is -2.30. The number of hydrogen-bond donors (Lipinski definition) is 1. The Morgan fingerprint density at radius 1 is 1.41 bits per heavy atom. The van der Waals surface area contributed by atoms with Crippen molar-refractivity contribution in [3.63, 3.8) is 0 Å². The molecule has 96 valence electrons. The van der Waals surface area contributed by atoms with Gasteiger partial charge in [-0.05, 0) is 12.8 Å². The summed E-state index contributed by atoms with van der Waals surface area (Å²) < 4.78 is 4.43. The van der Waals surface area contributed by atoms with Crippen LogP contribution in [0.4, 0.5) is 5.13 Å². The van der Waals surface area contributed by atoms with Crippen LogP contribution in [-0.2, 0) is 5.41 Å². The van der Waals surface area contributed by atoms with Crippen LogP contribution in [0.2, 0.25) is 0 Å². The van der Waals surface area contributed by atoms with Gasteiger partial charge >= 0.3 is 0 Å². The van der Waals surface area contributed by atoms with Crippen LogP contribution < -0.4 is 10.2 Å². The minimum atomic E-state index is 0.0435. The number of anilines is 1. The Balaban J connectivity index is 1.85. The van der Waals surface area contributed by atoms with Gasteiger partial charge < -0.3 is 10.2 Å². The predicted molar refractivity (Wildman–Crippen MR) is 72.9 cm³/mol. The number of hydrogen-bond acceptors (Lipinski definition) is 5. The van der Waals surface area contributed by atoms with Crippen molar-refractivity contribution in [3.8, 4) is 0 Å². The van der Waals surface area contributed by atoms with E-state index >= 15 is 0 Å². The van der Waals surface area contributed by atoms with Gasteiger partial charge in [-0.15, -0.1) is 0 Å². The summed E-state index contributed by atoms with van der Waals surface area (Å²) in [6.07, 6.45) is 2.69. The molecule has 1 aliphatic carbocycles. The summed E-state index contributed by atoms with van der Waals surface area (Å²) in [7, 11) is 2.08. The zero-order valence-corrected chi connectivity index (χ0v) is 12.0. The van der Waals surface area contributed by atoms with E-state index in [-0.39, 0.29) is 5.41 Å². The molecular formula is C12H22N4S. The quantitative estimate of drug-likeness (QED) is 0.873. The van der Waals surface area contributed by atoms with Gasteiger partial charge in [-0.2, -0.15) is 4.37 Å². The summed E-state index contributed by atoms with van der Waals surface area (Å²) in [6, 6.07) is 0.781. The maximum absolute atomic E-state index is 4.60. The number of aromatic nitrogens is 2. The van der Waals surface area contributed by atoms with E-state index in [1.807, 2.05) is 0 Å². The zero-order chi connectivity index (χ0) is 12.5. The van der Waals surface area contributed by atoms with E-state index in [0.717, 1.165) is 30.1 Å². The minimum absolute atomic E-state index is 0.0435. The van der Waals surface area contributed by atoms with Crippen LogP contribution in [0, 0.1) is 0 Å². The average molecular weight is 254 g/mol. The van der Waals surface area contributed by atoms with E-state index in [1.54, 1.807) is 0 Å². The molecule has 1 fully saturated rings. The second-order valence-corrected chi connectivity index (χ2v) is 6.53. The number of nitrogens with zero attached hydrogens (tertiary/aromatic N) is 3. The highest BCUT2D eigenvalue weighted by molar-refractivity contribution is 7.09.